The van der Waals surface area contributed by atoms with Crippen molar-refractivity contribution in [2.24, 2.45) is 0 Å². The van der Waals surface area contributed by atoms with Crippen molar-refractivity contribution in [2.75, 3.05) is 12.4 Å². The monoisotopic (exact) mass is 543 g/mol. The van der Waals surface area contributed by atoms with Gasteiger partial charge < -0.3 is 15.4 Å². The van der Waals surface area contributed by atoms with Gasteiger partial charge in [-0.15, -0.1) is 0 Å². The molecule has 0 aromatic heterocycles. The van der Waals surface area contributed by atoms with E-state index in [4.69, 9.17) is 39.5 Å². The summed E-state index contributed by atoms with van der Waals surface area (Å²) >= 11 is 18.3. The van der Waals surface area contributed by atoms with Crippen molar-refractivity contribution in [1.29, 1.82) is 0 Å². The molecule has 1 aliphatic heterocycles. The van der Waals surface area contributed by atoms with E-state index in [-0.39, 0.29) is 29.7 Å². The van der Waals surface area contributed by atoms with Crippen LogP contribution in [-0.4, -0.2) is 29.7 Å². The molecule has 0 unspecified atom stereocenters. The van der Waals surface area contributed by atoms with Gasteiger partial charge in [-0.25, -0.2) is 0 Å². The predicted molar refractivity (Wildman–Crippen MR) is 139 cm³/mol. The first-order chi connectivity index (χ1) is 17.3. The zero-order valence-corrected chi connectivity index (χ0v) is 21.2. The maximum absolute atomic E-state index is 12.8. The van der Waals surface area contributed by atoms with E-state index in [0.717, 1.165) is 10.5 Å². The Balaban J connectivity index is 1.39. The van der Waals surface area contributed by atoms with Crippen LogP contribution in [0.5, 0.6) is 5.75 Å². The maximum Gasteiger partial charge on any atom is 0.278 e. The number of anilines is 1. The number of ether oxygens (including phenoxy) is 1. The van der Waals surface area contributed by atoms with E-state index >= 15 is 0 Å². The summed E-state index contributed by atoms with van der Waals surface area (Å²) in [4.78, 5) is 39.1. The highest BCUT2D eigenvalue weighted by Crippen LogP contribution is 2.29. The van der Waals surface area contributed by atoms with E-state index in [1.165, 1.54) is 7.11 Å². The number of nitrogens with zero attached hydrogens (tertiary/aromatic N) is 1. The third-order valence-electron chi connectivity index (χ3n) is 5.49. The smallest absolute Gasteiger partial charge is 0.278 e. The summed E-state index contributed by atoms with van der Waals surface area (Å²) in [5, 5.41) is 6.45. The number of benzene rings is 3. The van der Waals surface area contributed by atoms with Crippen molar-refractivity contribution in [2.45, 2.75) is 13.1 Å². The minimum Gasteiger partial charge on any atom is -0.495 e. The average Bonchev–Trinajstić information content (AvgIpc) is 3.07. The molecule has 3 amide bonds. The summed E-state index contributed by atoms with van der Waals surface area (Å²) in [5.41, 5.74) is 2.29. The summed E-state index contributed by atoms with van der Waals surface area (Å²) in [7, 11) is 1.50. The van der Waals surface area contributed by atoms with E-state index in [2.05, 4.69) is 10.6 Å². The standard InChI is InChI=1S/C26H20Cl3N3O4/c1-36-21-11-10-18(27)12-20(21)31-24(33)16-8-6-15(7-9-16)13-30-23-22(29)25(34)32(26(23)35)14-17-4-2-3-5-19(17)28/h2-12,30H,13-14H2,1H3,(H,31,33). The number of hydrogen-bond acceptors (Lipinski definition) is 5. The van der Waals surface area contributed by atoms with Crippen molar-refractivity contribution in [3.05, 3.63) is 104 Å². The molecule has 0 saturated carbocycles. The molecule has 0 radical (unpaired) electrons. The lowest BCUT2D eigenvalue weighted by atomic mass is 10.1. The Labute approximate surface area is 222 Å². The second kappa shape index (κ2) is 11.0. The van der Waals surface area contributed by atoms with Gasteiger partial charge in [-0.05, 0) is 47.5 Å². The van der Waals surface area contributed by atoms with Gasteiger partial charge in [-0.1, -0.05) is 65.1 Å². The van der Waals surface area contributed by atoms with Crippen molar-refractivity contribution >= 4 is 58.2 Å². The van der Waals surface area contributed by atoms with Crippen LogP contribution in [0.2, 0.25) is 10.0 Å². The fourth-order valence-corrected chi connectivity index (χ4v) is 4.19. The second-order valence-electron chi connectivity index (χ2n) is 7.83. The average molecular weight is 545 g/mol. The molecule has 0 atom stereocenters. The lowest BCUT2D eigenvalue weighted by Gasteiger charge is -2.16. The predicted octanol–water partition coefficient (Wildman–Crippen LogP) is 5.36. The lowest BCUT2D eigenvalue weighted by Crippen LogP contribution is -2.33. The minimum absolute atomic E-state index is 0.0138. The minimum atomic E-state index is -0.590. The molecule has 4 rings (SSSR count). The number of carbonyl (C=O) groups excluding carboxylic acids is 3. The van der Waals surface area contributed by atoms with Crippen molar-refractivity contribution in [3.8, 4) is 5.75 Å². The molecule has 10 heteroatoms. The molecule has 2 N–H and O–H groups in total. The van der Waals surface area contributed by atoms with Crippen molar-refractivity contribution < 1.29 is 19.1 Å². The van der Waals surface area contributed by atoms with Crippen LogP contribution in [0, 0.1) is 0 Å². The van der Waals surface area contributed by atoms with Crippen LogP contribution in [0.25, 0.3) is 0 Å². The first kappa shape index (κ1) is 25.6. The van der Waals surface area contributed by atoms with Gasteiger partial charge in [0.05, 0.1) is 19.3 Å². The molecule has 7 nitrogen and oxygen atoms in total. The summed E-state index contributed by atoms with van der Waals surface area (Å²) < 4.78 is 5.25. The molecule has 184 valence electrons. The first-order valence-corrected chi connectivity index (χ1v) is 11.9. The highest BCUT2D eigenvalue weighted by molar-refractivity contribution is 6.47. The van der Waals surface area contributed by atoms with Crippen LogP contribution in [0.1, 0.15) is 21.5 Å². The number of methoxy groups -OCH3 is 1. The Morgan fingerprint density at radius 1 is 0.944 bits per heavy atom. The molecule has 36 heavy (non-hydrogen) atoms. The molecule has 3 aromatic carbocycles. The normalized spacial score (nSPS) is 13.3. The van der Waals surface area contributed by atoms with Crippen LogP contribution in [0.15, 0.2) is 77.5 Å². The second-order valence-corrected chi connectivity index (χ2v) is 9.05. The van der Waals surface area contributed by atoms with Gasteiger partial charge in [0.25, 0.3) is 17.7 Å². The Bertz CT molecular complexity index is 1370. The third-order valence-corrected chi connectivity index (χ3v) is 6.45. The number of amides is 3. The molecular formula is C26H20Cl3N3O4. The molecule has 1 aliphatic rings. The topological polar surface area (TPSA) is 87.7 Å². The Kier molecular flexibility index (Phi) is 7.84. The largest absolute Gasteiger partial charge is 0.495 e. The van der Waals surface area contributed by atoms with Gasteiger partial charge in [0.1, 0.15) is 16.5 Å². The van der Waals surface area contributed by atoms with Gasteiger partial charge >= 0.3 is 0 Å². The highest BCUT2D eigenvalue weighted by Gasteiger charge is 2.37. The summed E-state index contributed by atoms with van der Waals surface area (Å²) in [6, 6.07) is 18.6. The fraction of sp³-hybridized carbons (Fsp3) is 0.115. The Morgan fingerprint density at radius 3 is 2.36 bits per heavy atom. The van der Waals surface area contributed by atoms with Gasteiger partial charge in [-0.2, -0.15) is 0 Å². The lowest BCUT2D eigenvalue weighted by molar-refractivity contribution is -0.138. The van der Waals surface area contributed by atoms with Crippen molar-refractivity contribution in [1.82, 2.24) is 10.2 Å². The van der Waals surface area contributed by atoms with Crippen LogP contribution < -0.4 is 15.4 Å². The number of hydrogen-bond donors (Lipinski definition) is 2. The molecule has 1 heterocycles. The number of imide groups is 1. The first-order valence-electron chi connectivity index (χ1n) is 10.8. The third kappa shape index (κ3) is 5.49. The van der Waals surface area contributed by atoms with Gasteiger partial charge in [-0.3, -0.25) is 19.3 Å². The van der Waals surface area contributed by atoms with Crippen LogP contribution in [-0.2, 0) is 22.7 Å². The summed E-state index contributed by atoms with van der Waals surface area (Å²) in [6.07, 6.45) is 0. The van der Waals surface area contributed by atoms with Crippen LogP contribution in [0.3, 0.4) is 0 Å². The van der Waals surface area contributed by atoms with E-state index in [9.17, 15) is 14.4 Å². The molecule has 3 aromatic rings. The Morgan fingerprint density at radius 2 is 1.67 bits per heavy atom. The van der Waals surface area contributed by atoms with E-state index in [1.807, 2.05) is 0 Å². The number of carbonyl (C=O) groups is 3. The van der Waals surface area contributed by atoms with Gasteiger partial charge in [0.2, 0.25) is 0 Å². The van der Waals surface area contributed by atoms with Gasteiger partial charge in [0, 0.05) is 22.2 Å². The molecule has 0 aliphatic carbocycles. The van der Waals surface area contributed by atoms with Crippen molar-refractivity contribution in [3.63, 3.8) is 0 Å². The Hall–Kier alpha value is -3.52. The zero-order valence-electron chi connectivity index (χ0n) is 19.0. The number of halogens is 3. The quantitative estimate of drug-likeness (QED) is 0.373. The molecule has 0 saturated heterocycles. The molecular weight excluding hydrogens is 525 g/mol. The van der Waals surface area contributed by atoms with E-state index < -0.39 is 11.8 Å². The SMILES string of the molecule is COc1ccc(Cl)cc1NC(=O)c1ccc(CNC2=C(Cl)C(=O)N(Cc3ccccc3Cl)C2=O)cc1. The van der Waals surface area contributed by atoms with Crippen LogP contribution >= 0.6 is 34.8 Å². The number of rotatable bonds is 8. The van der Waals surface area contributed by atoms with Gasteiger partial charge in [0.15, 0.2) is 0 Å². The zero-order chi connectivity index (χ0) is 25.8. The van der Waals surface area contributed by atoms with E-state index in [1.54, 1.807) is 66.7 Å². The number of nitrogens with one attached hydrogen (secondary N) is 2. The molecule has 0 fully saturated rings. The van der Waals surface area contributed by atoms with E-state index in [0.29, 0.717) is 32.6 Å². The highest BCUT2D eigenvalue weighted by atomic mass is 35.5. The molecule has 0 spiro atoms. The maximum atomic E-state index is 12.8. The summed E-state index contributed by atoms with van der Waals surface area (Å²) in [5.74, 6) is -0.977. The summed E-state index contributed by atoms with van der Waals surface area (Å²) in [6.45, 7) is 0.231. The molecule has 0 bridgehead atoms. The fourth-order valence-electron chi connectivity index (χ4n) is 3.58. The van der Waals surface area contributed by atoms with Crippen LogP contribution in [0.4, 0.5) is 5.69 Å².